The fourth-order valence-corrected chi connectivity index (χ4v) is 0.672. The molecule has 0 amide bonds. The fourth-order valence-electron chi connectivity index (χ4n) is 0.672. The average molecular weight is 184 g/mol. The van der Waals surface area contributed by atoms with Gasteiger partial charge in [-0.2, -0.15) is 13.2 Å². The maximum Gasteiger partial charge on any atom is 0.389 e. The van der Waals surface area contributed by atoms with Crippen molar-refractivity contribution in [3.05, 3.63) is 0 Å². The molecular formula is C7H11F3O2. The van der Waals surface area contributed by atoms with Crippen LogP contribution in [-0.2, 0) is 4.79 Å². The van der Waals surface area contributed by atoms with Crippen LogP contribution in [0, 0.1) is 0 Å². The van der Waals surface area contributed by atoms with Gasteiger partial charge in [-0.1, -0.05) is 0 Å². The lowest BCUT2D eigenvalue weighted by molar-refractivity contribution is -0.138. The minimum Gasteiger partial charge on any atom is -0.386 e. The van der Waals surface area contributed by atoms with Gasteiger partial charge in [0.05, 0.1) is 0 Å². The summed E-state index contributed by atoms with van der Waals surface area (Å²) in [7, 11) is 0. The van der Waals surface area contributed by atoms with E-state index in [0.717, 1.165) is 0 Å². The Morgan fingerprint density at radius 2 is 2.00 bits per heavy atom. The van der Waals surface area contributed by atoms with Crippen molar-refractivity contribution in [3.63, 3.8) is 0 Å². The summed E-state index contributed by atoms with van der Waals surface area (Å²) in [6.07, 6.45) is -6.78. The summed E-state index contributed by atoms with van der Waals surface area (Å²) in [6, 6.07) is 0. The van der Waals surface area contributed by atoms with Crippen molar-refractivity contribution in [2.75, 3.05) is 0 Å². The quantitative estimate of drug-likeness (QED) is 0.721. The van der Waals surface area contributed by atoms with Crippen molar-refractivity contribution in [2.45, 2.75) is 38.5 Å². The SMILES string of the molecule is CC(O)C(=O)CCCC(F)(F)F. The lowest BCUT2D eigenvalue weighted by Gasteiger charge is -2.05. The monoisotopic (exact) mass is 184 g/mol. The van der Waals surface area contributed by atoms with Crippen LogP contribution in [0.15, 0.2) is 0 Å². The van der Waals surface area contributed by atoms with E-state index in [2.05, 4.69) is 0 Å². The largest absolute Gasteiger partial charge is 0.389 e. The van der Waals surface area contributed by atoms with E-state index in [1.54, 1.807) is 0 Å². The van der Waals surface area contributed by atoms with E-state index in [-0.39, 0.29) is 12.8 Å². The molecule has 0 fully saturated rings. The van der Waals surface area contributed by atoms with Crippen molar-refractivity contribution in [1.29, 1.82) is 0 Å². The Hall–Kier alpha value is -0.580. The molecule has 0 bridgehead atoms. The van der Waals surface area contributed by atoms with Gasteiger partial charge in [0.15, 0.2) is 5.78 Å². The molecule has 0 rings (SSSR count). The standard InChI is InChI=1S/C7H11F3O2/c1-5(11)6(12)3-2-4-7(8,9)10/h5,11H,2-4H2,1H3. The van der Waals surface area contributed by atoms with Crippen LogP contribution in [0.5, 0.6) is 0 Å². The van der Waals surface area contributed by atoms with Crippen LogP contribution in [0.3, 0.4) is 0 Å². The second-order valence-electron chi connectivity index (χ2n) is 2.61. The molecule has 0 aromatic heterocycles. The minimum absolute atomic E-state index is 0.211. The maximum absolute atomic E-state index is 11.5. The third kappa shape index (κ3) is 6.15. The van der Waals surface area contributed by atoms with Crippen LogP contribution in [0.4, 0.5) is 13.2 Å². The second-order valence-corrected chi connectivity index (χ2v) is 2.61. The molecule has 0 aliphatic carbocycles. The first kappa shape index (κ1) is 11.4. The summed E-state index contributed by atoms with van der Waals surface area (Å²) in [5.74, 6) is -0.542. The molecule has 0 heterocycles. The second kappa shape index (κ2) is 4.45. The summed E-state index contributed by atoms with van der Waals surface area (Å²) in [5, 5.41) is 8.62. The molecule has 0 aromatic carbocycles. The lowest BCUT2D eigenvalue weighted by atomic mass is 10.1. The number of carbonyl (C=O) groups is 1. The molecular weight excluding hydrogens is 173 g/mol. The van der Waals surface area contributed by atoms with Crippen molar-refractivity contribution >= 4 is 5.78 Å². The fraction of sp³-hybridized carbons (Fsp3) is 0.857. The molecule has 5 heteroatoms. The van der Waals surface area contributed by atoms with E-state index in [4.69, 9.17) is 5.11 Å². The zero-order valence-electron chi connectivity index (χ0n) is 6.69. The van der Waals surface area contributed by atoms with Crippen LogP contribution in [0.25, 0.3) is 0 Å². The first-order valence-corrected chi connectivity index (χ1v) is 3.60. The third-order valence-electron chi connectivity index (χ3n) is 1.35. The number of hydrogen-bond acceptors (Lipinski definition) is 2. The van der Waals surface area contributed by atoms with E-state index in [9.17, 15) is 18.0 Å². The van der Waals surface area contributed by atoms with Crippen LogP contribution >= 0.6 is 0 Å². The van der Waals surface area contributed by atoms with Crippen LogP contribution in [-0.4, -0.2) is 23.2 Å². The van der Waals surface area contributed by atoms with Gasteiger partial charge in [-0.3, -0.25) is 4.79 Å². The zero-order valence-corrected chi connectivity index (χ0v) is 6.69. The van der Waals surface area contributed by atoms with Crippen molar-refractivity contribution in [1.82, 2.24) is 0 Å². The Labute approximate surface area is 68.4 Å². The summed E-state index contributed by atoms with van der Waals surface area (Å²) >= 11 is 0. The van der Waals surface area contributed by atoms with Gasteiger partial charge in [0.2, 0.25) is 0 Å². The van der Waals surface area contributed by atoms with Crippen LogP contribution < -0.4 is 0 Å². The van der Waals surface area contributed by atoms with Crippen molar-refractivity contribution < 1.29 is 23.1 Å². The molecule has 0 aliphatic rings. The highest BCUT2D eigenvalue weighted by Gasteiger charge is 2.26. The van der Waals surface area contributed by atoms with Gasteiger partial charge in [-0.25, -0.2) is 0 Å². The molecule has 1 unspecified atom stereocenters. The highest BCUT2D eigenvalue weighted by Crippen LogP contribution is 2.22. The molecule has 2 nitrogen and oxygen atoms in total. The summed E-state index contributed by atoms with van der Waals surface area (Å²) in [4.78, 5) is 10.6. The summed E-state index contributed by atoms with van der Waals surface area (Å²) in [6.45, 7) is 1.25. The molecule has 0 aliphatic heterocycles. The van der Waals surface area contributed by atoms with E-state index in [1.165, 1.54) is 6.92 Å². The Morgan fingerprint density at radius 3 is 2.33 bits per heavy atom. The predicted molar refractivity (Wildman–Crippen MR) is 36.6 cm³/mol. The number of alkyl halides is 3. The molecule has 1 N–H and O–H groups in total. The highest BCUT2D eigenvalue weighted by atomic mass is 19.4. The number of aliphatic hydroxyl groups excluding tert-OH is 1. The summed E-state index contributed by atoms with van der Waals surface area (Å²) < 4.78 is 34.6. The van der Waals surface area contributed by atoms with E-state index in [1.807, 2.05) is 0 Å². The third-order valence-corrected chi connectivity index (χ3v) is 1.35. The molecule has 0 aromatic rings. The van der Waals surface area contributed by atoms with Gasteiger partial charge in [-0.15, -0.1) is 0 Å². The maximum atomic E-state index is 11.5. The average Bonchev–Trinajstić information content (AvgIpc) is 1.84. The molecule has 0 saturated heterocycles. The number of ketones is 1. The van der Waals surface area contributed by atoms with E-state index in [0.29, 0.717) is 0 Å². The van der Waals surface area contributed by atoms with Gasteiger partial charge >= 0.3 is 6.18 Å². The van der Waals surface area contributed by atoms with Crippen LogP contribution in [0.1, 0.15) is 26.2 Å². The number of carbonyl (C=O) groups excluding carboxylic acids is 1. The van der Waals surface area contributed by atoms with Gasteiger partial charge in [0.25, 0.3) is 0 Å². The molecule has 1 atom stereocenters. The van der Waals surface area contributed by atoms with Gasteiger partial charge in [-0.05, 0) is 13.3 Å². The topological polar surface area (TPSA) is 37.3 Å². The molecule has 12 heavy (non-hydrogen) atoms. The first-order chi connectivity index (χ1) is 5.33. The molecule has 72 valence electrons. The number of aliphatic hydroxyl groups is 1. The van der Waals surface area contributed by atoms with Crippen molar-refractivity contribution in [3.8, 4) is 0 Å². The molecule has 0 spiro atoms. The van der Waals surface area contributed by atoms with Crippen molar-refractivity contribution in [2.24, 2.45) is 0 Å². The lowest BCUT2D eigenvalue weighted by Crippen LogP contribution is -2.16. The molecule has 0 radical (unpaired) electrons. The normalized spacial score (nSPS) is 14.4. The smallest absolute Gasteiger partial charge is 0.386 e. The predicted octanol–water partition coefficient (Wildman–Crippen LogP) is 1.67. The van der Waals surface area contributed by atoms with Gasteiger partial charge < -0.3 is 5.11 Å². The molecule has 0 saturated carbocycles. The van der Waals surface area contributed by atoms with E-state index < -0.39 is 24.5 Å². The number of Topliss-reactive ketones (excluding diaryl/α,β-unsaturated/α-hetero) is 1. The highest BCUT2D eigenvalue weighted by molar-refractivity contribution is 5.82. The Morgan fingerprint density at radius 1 is 1.50 bits per heavy atom. The Kier molecular flexibility index (Phi) is 4.23. The Balaban J connectivity index is 3.51. The Bertz CT molecular complexity index is 151. The summed E-state index contributed by atoms with van der Waals surface area (Å²) in [5.41, 5.74) is 0. The minimum atomic E-state index is -4.21. The zero-order chi connectivity index (χ0) is 9.78. The van der Waals surface area contributed by atoms with Gasteiger partial charge in [0, 0.05) is 12.8 Å². The number of hydrogen-bond donors (Lipinski definition) is 1. The first-order valence-electron chi connectivity index (χ1n) is 3.60. The van der Waals surface area contributed by atoms with Crippen LogP contribution in [0.2, 0.25) is 0 Å². The number of rotatable bonds is 4. The van der Waals surface area contributed by atoms with Gasteiger partial charge in [0.1, 0.15) is 6.10 Å². The van der Waals surface area contributed by atoms with E-state index >= 15 is 0 Å². The number of halogens is 3.